The topological polar surface area (TPSA) is 67.8 Å². The van der Waals surface area contributed by atoms with Crippen LogP contribution in [0.5, 0.6) is 5.75 Å². The maximum Gasteiger partial charge on any atom is 0.344 e. The number of esters is 1. The van der Waals surface area contributed by atoms with Gasteiger partial charge < -0.3 is 19.9 Å². The Morgan fingerprint density at radius 2 is 2.07 bits per heavy atom. The van der Waals surface area contributed by atoms with E-state index in [-0.39, 0.29) is 12.6 Å². The highest BCUT2D eigenvalue weighted by Gasteiger charge is 2.24. The van der Waals surface area contributed by atoms with Gasteiger partial charge in [0.25, 0.3) is 0 Å². The maximum atomic E-state index is 11.5. The van der Waals surface area contributed by atoms with Gasteiger partial charge in [0, 0.05) is 17.6 Å². The molecule has 0 spiro atoms. The molecule has 1 fully saturated rings. The first-order valence-electron chi connectivity index (χ1n) is 10.6. The van der Waals surface area contributed by atoms with Gasteiger partial charge in [-0.25, -0.2) is 4.79 Å². The van der Waals surface area contributed by atoms with Crippen LogP contribution < -0.4 is 10.1 Å². The lowest BCUT2D eigenvalue weighted by molar-refractivity contribution is -0.145. The van der Waals surface area contributed by atoms with Crippen molar-refractivity contribution in [3.63, 3.8) is 0 Å². The van der Waals surface area contributed by atoms with Gasteiger partial charge in [-0.2, -0.15) is 0 Å². The summed E-state index contributed by atoms with van der Waals surface area (Å²) < 4.78 is 10.5. The molecule has 2 aromatic rings. The van der Waals surface area contributed by atoms with E-state index in [1.54, 1.807) is 13.0 Å². The first-order chi connectivity index (χ1) is 14.5. The van der Waals surface area contributed by atoms with E-state index >= 15 is 0 Å². The molecule has 6 heteroatoms. The molecule has 162 valence electrons. The predicted molar refractivity (Wildman–Crippen MR) is 118 cm³/mol. The second-order valence-corrected chi connectivity index (χ2v) is 8.14. The van der Waals surface area contributed by atoms with E-state index in [2.05, 4.69) is 11.4 Å². The van der Waals surface area contributed by atoms with Gasteiger partial charge in [-0.3, -0.25) is 0 Å². The van der Waals surface area contributed by atoms with Gasteiger partial charge in [0.2, 0.25) is 0 Å². The summed E-state index contributed by atoms with van der Waals surface area (Å²) in [4.78, 5) is 11.5. The van der Waals surface area contributed by atoms with Crippen LogP contribution in [0, 0.1) is 0 Å². The zero-order valence-corrected chi connectivity index (χ0v) is 18.1. The molecule has 2 N–H and O–H groups in total. The smallest absolute Gasteiger partial charge is 0.344 e. The first-order valence-corrected chi connectivity index (χ1v) is 11.0. The Labute approximate surface area is 183 Å². The number of hydrogen-bond donors (Lipinski definition) is 2. The largest absolute Gasteiger partial charge is 0.482 e. The summed E-state index contributed by atoms with van der Waals surface area (Å²) in [5.74, 6) is 0.751. The molecule has 3 atom stereocenters. The zero-order chi connectivity index (χ0) is 21.3. The third-order valence-electron chi connectivity index (χ3n) is 5.50. The van der Waals surface area contributed by atoms with Crippen LogP contribution in [0.1, 0.15) is 55.8 Å². The van der Waals surface area contributed by atoms with E-state index in [1.165, 1.54) is 5.56 Å². The number of aliphatic hydroxyl groups excluding tert-OH is 1. The van der Waals surface area contributed by atoms with Gasteiger partial charge in [0.15, 0.2) is 6.61 Å². The minimum absolute atomic E-state index is 0.0759. The predicted octanol–water partition coefficient (Wildman–Crippen LogP) is 4.63. The Kier molecular flexibility index (Phi) is 8.55. The van der Waals surface area contributed by atoms with Crippen molar-refractivity contribution in [1.82, 2.24) is 5.32 Å². The summed E-state index contributed by atoms with van der Waals surface area (Å²) in [5, 5.41) is 14.6. The number of halogens is 1. The average Bonchev–Trinajstić information content (AvgIpc) is 2.77. The molecule has 0 amide bonds. The van der Waals surface area contributed by atoms with Crippen molar-refractivity contribution < 1.29 is 19.4 Å². The molecule has 0 aromatic heterocycles. The average molecular weight is 432 g/mol. The molecule has 5 nitrogen and oxygen atoms in total. The molecule has 3 rings (SSSR count). The summed E-state index contributed by atoms with van der Waals surface area (Å²) >= 11 is 6.03. The van der Waals surface area contributed by atoms with Crippen molar-refractivity contribution in [3.8, 4) is 5.75 Å². The lowest BCUT2D eigenvalue weighted by atomic mass is 9.81. The molecule has 0 bridgehead atoms. The molecular formula is C24H30ClNO4. The normalized spacial score (nSPS) is 19.8. The summed E-state index contributed by atoms with van der Waals surface area (Å²) in [6, 6.07) is 15.7. The molecule has 0 radical (unpaired) electrons. The minimum atomic E-state index is -0.580. The van der Waals surface area contributed by atoms with Crippen molar-refractivity contribution in [1.29, 1.82) is 0 Å². The van der Waals surface area contributed by atoms with Crippen LogP contribution in [0.15, 0.2) is 48.5 Å². The van der Waals surface area contributed by atoms with Crippen LogP contribution in [0.3, 0.4) is 0 Å². The fourth-order valence-corrected chi connectivity index (χ4v) is 4.19. The van der Waals surface area contributed by atoms with Gasteiger partial charge in [-0.1, -0.05) is 42.3 Å². The molecule has 1 aliphatic rings. The molecular weight excluding hydrogens is 402 g/mol. The van der Waals surface area contributed by atoms with Gasteiger partial charge in [0.05, 0.1) is 12.7 Å². The fourth-order valence-electron chi connectivity index (χ4n) is 3.99. The molecule has 0 saturated heterocycles. The van der Waals surface area contributed by atoms with Crippen molar-refractivity contribution in [2.45, 2.75) is 50.7 Å². The Balaban J connectivity index is 1.53. The Bertz CT molecular complexity index is 828. The summed E-state index contributed by atoms with van der Waals surface area (Å²) in [5.41, 5.74) is 2.05. The monoisotopic (exact) mass is 431 g/mol. The van der Waals surface area contributed by atoms with Crippen LogP contribution >= 0.6 is 11.6 Å². The van der Waals surface area contributed by atoms with E-state index in [0.29, 0.717) is 35.9 Å². The Hall–Kier alpha value is -2.08. The second-order valence-electron chi connectivity index (χ2n) is 7.71. The van der Waals surface area contributed by atoms with Crippen LogP contribution in [0.4, 0.5) is 0 Å². The van der Waals surface area contributed by atoms with Crippen molar-refractivity contribution in [2.75, 3.05) is 19.8 Å². The highest BCUT2D eigenvalue weighted by Crippen LogP contribution is 2.34. The Morgan fingerprint density at radius 3 is 2.87 bits per heavy atom. The molecule has 1 aliphatic carbocycles. The van der Waals surface area contributed by atoms with Crippen LogP contribution in [0.25, 0.3) is 0 Å². The number of benzene rings is 2. The number of carbonyl (C=O) groups is 1. The first kappa shape index (κ1) is 22.6. The molecule has 2 aromatic carbocycles. The SMILES string of the molecule is CCOC(=O)COc1cccc([C@@H]2CCC[C@@H](NC[C@@H](O)c3cccc(Cl)c3)C2)c1. The lowest BCUT2D eigenvalue weighted by Crippen LogP contribution is -2.36. The highest BCUT2D eigenvalue weighted by molar-refractivity contribution is 6.30. The van der Waals surface area contributed by atoms with E-state index < -0.39 is 6.10 Å². The highest BCUT2D eigenvalue weighted by atomic mass is 35.5. The number of rotatable bonds is 9. The van der Waals surface area contributed by atoms with Gasteiger partial charge in [0.1, 0.15) is 5.75 Å². The summed E-state index contributed by atoms with van der Waals surface area (Å²) in [7, 11) is 0. The van der Waals surface area contributed by atoms with E-state index in [0.717, 1.165) is 31.2 Å². The third-order valence-corrected chi connectivity index (χ3v) is 5.73. The van der Waals surface area contributed by atoms with Crippen molar-refractivity contribution >= 4 is 17.6 Å². The van der Waals surface area contributed by atoms with Gasteiger partial charge in [-0.05, 0) is 67.5 Å². The Morgan fingerprint density at radius 1 is 1.23 bits per heavy atom. The van der Waals surface area contributed by atoms with Crippen molar-refractivity contribution in [2.24, 2.45) is 0 Å². The molecule has 30 heavy (non-hydrogen) atoms. The van der Waals surface area contributed by atoms with Crippen LogP contribution in [0.2, 0.25) is 5.02 Å². The minimum Gasteiger partial charge on any atom is -0.482 e. The zero-order valence-electron chi connectivity index (χ0n) is 17.4. The third kappa shape index (κ3) is 6.73. The molecule has 0 unspecified atom stereocenters. The second kappa shape index (κ2) is 11.3. The quantitative estimate of drug-likeness (QED) is 0.566. The van der Waals surface area contributed by atoms with Crippen molar-refractivity contribution in [3.05, 3.63) is 64.7 Å². The molecule has 0 aliphatic heterocycles. The van der Waals surface area contributed by atoms with E-state index in [9.17, 15) is 9.90 Å². The molecule has 0 heterocycles. The number of hydrogen-bond acceptors (Lipinski definition) is 5. The van der Waals surface area contributed by atoms with Crippen LogP contribution in [-0.2, 0) is 9.53 Å². The van der Waals surface area contributed by atoms with Gasteiger partial charge >= 0.3 is 5.97 Å². The fraction of sp³-hybridized carbons (Fsp3) is 0.458. The summed E-state index contributed by atoms with van der Waals surface area (Å²) in [6.07, 6.45) is 3.77. The number of aliphatic hydroxyl groups is 1. The van der Waals surface area contributed by atoms with Gasteiger partial charge in [-0.15, -0.1) is 0 Å². The van der Waals surface area contributed by atoms with E-state index in [4.69, 9.17) is 21.1 Å². The number of ether oxygens (including phenoxy) is 2. The number of carbonyl (C=O) groups excluding carboxylic acids is 1. The maximum absolute atomic E-state index is 11.5. The summed E-state index contributed by atoms with van der Waals surface area (Å²) in [6.45, 7) is 2.55. The molecule has 1 saturated carbocycles. The van der Waals surface area contributed by atoms with Crippen LogP contribution in [-0.4, -0.2) is 36.9 Å². The van der Waals surface area contributed by atoms with E-state index in [1.807, 2.05) is 36.4 Å². The lowest BCUT2D eigenvalue weighted by Gasteiger charge is -2.31. The number of nitrogens with one attached hydrogen (secondary N) is 1. The standard InChI is InChI=1S/C24H30ClNO4/c1-2-29-24(28)16-30-22-11-5-7-18(14-22)17-6-4-10-21(13-17)26-15-23(27)19-8-3-9-20(25)12-19/h3,5,7-9,11-12,14,17,21,23,26-27H,2,4,6,10,13,15-16H2,1H3/t17-,21-,23-/m1/s1.